The number of amides is 1. The predicted octanol–water partition coefficient (Wildman–Crippen LogP) is 6.30. The first kappa shape index (κ1) is 34.1. The third-order valence-electron chi connectivity index (χ3n) is 8.75. The number of carbonyl (C=O) groups is 2. The second-order valence-electron chi connectivity index (χ2n) is 13.0. The summed E-state index contributed by atoms with van der Waals surface area (Å²) in [6.45, 7) is 6.97. The Balaban J connectivity index is 1.29. The van der Waals surface area contributed by atoms with Gasteiger partial charge in [-0.15, -0.1) is 11.8 Å². The number of anilines is 1. The number of nitrogens with zero attached hydrogens (tertiary/aromatic N) is 2. The highest BCUT2D eigenvalue weighted by atomic mass is 32.2. The number of carbonyl (C=O) groups excluding carboxylic acids is 2. The first-order valence-corrected chi connectivity index (χ1v) is 19.1. The standard InChI is InChI=1S/C39H39N3O5SSi/c1-39(2,3)49(30-20-12-6-13-21-30,31-22-14-7-15-23-31)46-27-33-32(47-37(44)29-18-10-5-11-19-29)26-35(48-33)42-25-24-34(41-38(42)45)40-36(43)28-16-8-4-9-17-28/h4-25,32-33,35H,26-27H2,1-3H3,(H,40,41,43,45)/t32-,33-,35?/m1/s1. The van der Waals surface area contributed by atoms with E-state index in [0.29, 0.717) is 24.2 Å². The van der Waals surface area contributed by atoms with Crippen molar-refractivity contribution in [1.29, 1.82) is 0 Å². The molecule has 5 aromatic rings. The molecule has 250 valence electrons. The molecule has 1 aliphatic rings. The Bertz CT molecular complexity index is 1900. The first-order valence-electron chi connectivity index (χ1n) is 16.3. The molecule has 2 heterocycles. The third-order valence-corrected chi connectivity index (χ3v) is 15.3. The molecule has 1 N–H and O–H groups in total. The van der Waals surface area contributed by atoms with Gasteiger partial charge in [0.05, 0.1) is 22.8 Å². The number of thioether (sulfide) groups is 1. The van der Waals surface area contributed by atoms with Gasteiger partial charge in [-0.05, 0) is 45.7 Å². The number of esters is 1. The normalized spacial score (nSPS) is 17.7. The average molecular weight is 690 g/mol. The van der Waals surface area contributed by atoms with E-state index in [4.69, 9.17) is 9.16 Å². The maximum atomic E-state index is 13.4. The molecule has 4 aromatic carbocycles. The van der Waals surface area contributed by atoms with E-state index in [2.05, 4.69) is 55.3 Å². The van der Waals surface area contributed by atoms with Crippen molar-refractivity contribution < 1.29 is 18.8 Å². The molecule has 10 heteroatoms. The molecular formula is C39H39N3O5SSi. The summed E-state index contributed by atoms with van der Waals surface area (Å²) in [5.74, 6) is -0.614. The molecule has 0 bridgehead atoms. The van der Waals surface area contributed by atoms with E-state index in [1.54, 1.807) is 60.8 Å². The Morgan fingerprint density at radius 3 is 1.88 bits per heavy atom. The van der Waals surface area contributed by atoms with Crippen LogP contribution in [0.15, 0.2) is 138 Å². The largest absolute Gasteiger partial charge is 0.457 e. The molecule has 0 saturated carbocycles. The molecule has 1 unspecified atom stereocenters. The molecule has 0 aliphatic carbocycles. The van der Waals surface area contributed by atoms with Crippen LogP contribution in [0.25, 0.3) is 0 Å². The van der Waals surface area contributed by atoms with Crippen molar-refractivity contribution in [2.45, 2.75) is 49.0 Å². The van der Waals surface area contributed by atoms with Gasteiger partial charge in [0.15, 0.2) is 0 Å². The molecule has 1 aliphatic heterocycles. The van der Waals surface area contributed by atoms with Crippen molar-refractivity contribution in [2.75, 3.05) is 11.9 Å². The number of aromatic nitrogens is 2. The van der Waals surface area contributed by atoms with Crippen LogP contribution in [0.2, 0.25) is 5.04 Å². The van der Waals surface area contributed by atoms with E-state index in [9.17, 15) is 14.4 Å². The summed E-state index contributed by atoms with van der Waals surface area (Å²) in [7, 11) is -2.89. The van der Waals surface area contributed by atoms with E-state index in [0.717, 1.165) is 10.4 Å². The highest BCUT2D eigenvalue weighted by Crippen LogP contribution is 2.44. The van der Waals surface area contributed by atoms with Crippen molar-refractivity contribution in [3.8, 4) is 0 Å². The summed E-state index contributed by atoms with van der Waals surface area (Å²) in [5.41, 5.74) is 0.414. The van der Waals surface area contributed by atoms with E-state index in [1.165, 1.54) is 16.3 Å². The average Bonchev–Trinajstić information content (AvgIpc) is 3.51. The fraction of sp³-hybridized carbons (Fsp3) is 0.231. The molecule has 3 atom stereocenters. The maximum absolute atomic E-state index is 13.4. The lowest BCUT2D eigenvalue weighted by atomic mass is 10.1. The minimum absolute atomic E-state index is 0.164. The van der Waals surface area contributed by atoms with E-state index >= 15 is 0 Å². The second-order valence-corrected chi connectivity index (χ2v) is 18.7. The Labute approximate surface area is 291 Å². The Morgan fingerprint density at radius 1 is 0.816 bits per heavy atom. The number of nitrogens with one attached hydrogen (secondary N) is 1. The monoisotopic (exact) mass is 689 g/mol. The zero-order valence-corrected chi connectivity index (χ0v) is 29.5. The molecule has 1 aromatic heterocycles. The third kappa shape index (κ3) is 7.46. The number of hydrogen-bond donors (Lipinski definition) is 1. The van der Waals surface area contributed by atoms with Gasteiger partial charge < -0.3 is 14.5 Å². The highest BCUT2D eigenvalue weighted by molar-refractivity contribution is 8.00. The number of hydrogen-bond acceptors (Lipinski definition) is 7. The van der Waals surface area contributed by atoms with Gasteiger partial charge in [-0.25, -0.2) is 9.59 Å². The van der Waals surface area contributed by atoms with Gasteiger partial charge in [-0.2, -0.15) is 4.98 Å². The van der Waals surface area contributed by atoms with Gasteiger partial charge in [0.2, 0.25) is 0 Å². The van der Waals surface area contributed by atoms with Gasteiger partial charge in [0.25, 0.3) is 14.2 Å². The van der Waals surface area contributed by atoms with Crippen molar-refractivity contribution in [1.82, 2.24) is 9.55 Å². The topological polar surface area (TPSA) is 99.5 Å². The van der Waals surface area contributed by atoms with Crippen LogP contribution in [0.1, 0.15) is 53.3 Å². The Hall–Kier alpha value is -4.77. The minimum Gasteiger partial charge on any atom is -0.457 e. The van der Waals surface area contributed by atoms with Gasteiger partial charge in [-0.3, -0.25) is 9.36 Å². The predicted molar refractivity (Wildman–Crippen MR) is 197 cm³/mol. The van der Waals surface area contributed by atoms with Crippen LogP contribution in [-0.2, 0) is 9.16 Å². The Morgan fingerprint density at radius 2 is 1.35 bits per heavy atom. The SMILES string of the molecule is CC(C)(C)[Si](OC[C@H]1SC(n2ccc(NC(=O)c3ccccc3)nc2=O)C[C@H]1OC(=O)c1ccccc1)(c1ccccc1)c1ccccc1. The van der Waals surface area contributed by atoms with Crippen molar-refractivity contribution in [2.24, 2.45) is 0 Å². The van der Waals surface area contributed by atoms with Crippen LogP contribution in [-0.4, -0.2) is 47.7 Å². The van der Waals surface area contributed by atoms with Gasteiger partial charge >= 0.3 is 11.7 Å². The van der Waals surface area contributed by atoms with Gasteiger partial charge in [0.1, 0.15) is 11.9 Å². The van der Waals surface area contributed by atoms with Crippen molar-refractivity contribution >= 4 is 48.1 Å². The zero-order chi connectivity index (χ0) is 34.4. The summed E-state index contributed by atoms with van der Waals surface area (Å²) in [6, 6.07) is 40.1. The lowest BCUT2D eigenvalue weighted by Gasteiger charge is -2.43. The van der Waals surface area contributed by atoms with E-state index in [-0.39, 0.29) is 27.4 Å². The highest BCUT2D eigenvalue weighted by Gasteiger charge is 2.51. The van der Waals surface area contributed by atoms with Crippen LogP contribution in [0, 0.1) is 0 Å². The molecule has 0 radical (unpaired) electrons. The first-order chi connectivity index (χ1) is 23.7. The zero-order valence-electron chi connectivity index (χ0n) is 27.7. The van der Waals surface area contributed by atoms with Crippen molar-refractivity contribution in [3.05, 3.63) is 155 Å². The fourth-order valence-corrected chi connectivity index (χ4v) is 12.6. The van der Waals surface area contributed by atoms with Crippen LogP contribution in [0.3, 0.4) is 0 Å². The summed E-state index contributed by atoms with van der Waals surface area (Å²) in [4.78, 5) is 43.6. The summed E-state index contributed by atoms with van der Waals surface area (Å²) in [5, 5.41) is 4.12. The quantitative estimate of drug-likeness (QED) is 0.136. The molecule has 1 fully saturated rings. The molecule has 6 rings (SSSR count). The van der Waals surface area contributed by atoms with Crippen LogP contribution in [0.4, 0.5) is 5.82 Å². The number of rotatable bonds is 10. The molecule has 49 heavy (non-hydrogen) atoms. The van der Waals surface area contributed by atoms with Gasteiger partial charge in [0, 0.05) is 18.2 Å². The molecular weight excluding hydrogens is 651 g/mol. The lowest BCUT2D eigenvalue weighted by molar-refractivity contribution is 0.0258. The fourth-order valence-electron chi connectivity index (χ4n) is 6.37. The van der Waals surface area contributed by atoms with Crippen molar-refractivity contribution in [3.63, 3.8) is 0 Å². The van der Waals surface area contributed by atoms with E-state index in [1.807, 2.05) is 48.5 Å². The Kier molecular flexibility index (Phi) is 10.3. The minimum atomic E-state index is -2.89. The van der Waals surface area contributed by atoms with Crippen LogP contribution >= 0.6 is 11.8 Å². The molecule has 8 nitrogen and oxygen atoms in total. The maximum Gasteiger partial charge on any atom is 0.350 e. The summed E-state index contributed by atoms with van der Waals surface area (Å²) >= 11 is 1.54. The summed E-state index contributed by atoms with van der Waals surface area (Å²) < 4.78 is 15.0. The molecule has 1 amide bonds. The number of benzene rings is 4. The summed E-state index contributed by atoms with van der Waals surface area (Å²) in [6.07, 6.45) is 1.48. The van der Waals surface area contributed by atoms with Gasteiger partial charge in [-0.1, -0.05) is 118 Å². The van der Waals surface area contributed by atoms with E-state index < -0.39 is 26.1 Å². The smallest absolute Gasteiger partial charge is 0.350 e. The second kappa shape index (κ2) is 14.8. The number of ether oxygens (including phenoxy) is 1. The molecule has 0 spiro atoms. The molecule has 1 saturated heterocycles. The van der Waals surface area contributed by atoms with Crippen LogP contribution < -0.4 is 21.4 Å². The lowest BCUT2D eigenvalue weighted by Crippen LogP contribution is -2.67. The van der Waals surface area contributed by atoms with Crippen LogP contribution in [0.5, 0.6) is 0 Å².